The van der Waals surface area contributed by atoms with Crippen LogP contribution in [0.4, 0.5) is 0 Å². The number of methoxy groups -OCH3 is 1. The number of rotatable bonds is 7. The van der Waals surface area contributed by atoms with Crippen LogP contribution >= 0.6 is 0 Å². The van der Waals surface area contributed by atoms with Gasteiger partial charge in [-0.3, -0.25) is 5.32 Å². The smallest absolute Gasteiger partial charge is 0.195 e. The van der Waals surface area contributed by atoms with Crippen molar-refractivity contribution in [3.05, 3.63) is 64.7 Å². The molecule has 0 radical (unpaired) electrons. The second kappa shape index (κ2) is 9.32. The fourth-order valence-corrected chi connectivity index (χ4v) is 3.68. The zero-order chi connectivity index (χ0) is 21.0. The fraction of sp³-hybridized carbons (Fsp3) is 0.286. The zero-order valence-corrected chi connectivity index (χ0v) is 17.7. The molecule has 8 heteroatoms. The standard InChI is InChI=1S/C21H27N5O2S/c1-13-11-19(28-3)14(2)10-17(13)18-12-20(26-21(22)25-18)24-9-8-15-4-6-16(7-5-15)29(23)27/h4-7,10-12,20,24H,8-9,23H2,1-3H3,(H3,22,25,26). The van der Waals surface area contributed by atoms with Gasteiger partial charge in [0.2, 0.25) is 0 Å². The Labute approximate surface area is 174 Å². The molecule has 0 saturated carbocycles. The molecule has 3 rings (SSSR count). The van der Waals surface area contributed by atoms with E-state index >= 15 is 0 Å². The number of nitrogens with one attached hydrogen (secondary N) is 2. The van der Waals surface area contributed by atoms with Crippen LogP contribution in [0.5, 0.6) is 5.75 Å². The van der Waals surface area contributed by atoms with E-state index in [2.05, 4.69) is 21.7 Å². The summed E-state index contributed by atoms with van der Waals surface area (Å²) in [7, 11) is 1.67. The summed E-state index contributed by atoms with van der Waals surface area (Å²) >= 11 is -1.45. The zero-order valence-electron chi connectivity index (χ0n) is 16.9. The first kappa shape index (κ1) is 21.2. The van der Waals surface area contributed by atoms with E-state index in [0.717, 1.165) is 46.7 Å². The van der Waals surface area contributed by atoms with E-state index in [0.29, 0.717) is 10.9 Å². The van der Waals surface area contributed by atoms with Crippen molar-refractivity contribution in [1.82, 2.24) is 10.6 Å². The highest BCUT2D eigenvalue weighted by Crippen LogP contribution is 2.27. The normalized spacial score (nSPS) is 17.2. The van der Waals surface area contributed by atoms with Crippen molar-refractivity contribution < 1.29 is 9.29 Å². The maximum atomic E-state index is 11.3. The molecule has 2 atom stereocenters. The van der Waals surface area contributed by atoms with Crippen LogP contribution in [0.3, 0.4) is 0 Å². The van der Waals surface area contributed by atoms with Gasteiger partial charge in [0.05, 0.1) is 18.5 Å². The number of aliphatic imine (C=N–C) groups is 1. The van der Waals surface area contributed by atoms with Crippen LogP contribution in [0, 0.1) is 13.8 Å². The molecular weight excluding hydrogens is 386 g/mol. The fourth-order valence-electron chi connectivity index (χ4n) is 3.27. The highest BCUT2D eigenvalue weighted by molar-refractivity contribution is 7.89. The third kappa shape index (κ3) is 5.30. The lowest BCUT2D eigenvalue weighted by Gasteiger charge is -2.23. The predicted octanol–water partition coefficient (Wildman–Crippen LogP) is 1.71. The predicted molar refractivity (Wildman–Crippen MR) is 118 cm³/mol. The SMILES string of the molecule is COc1cc(C)c(C2=CC(NCCc3ccc([S+](N)[O-])cc3)N=C(N)N2)cc1C. The molecule has 2 aromatic rings. The molecule has 2 aromatic carbocycles. The molecule has 0 aliphatic carbocycles. The Kier molecular flexibility index (Phi) is 6.81. The number of nitrogens with zero attached hydrogens (tertiary/aromatic N) is 1. The summed E-state index contributed by atoms with van der Waals surface area (Å²) in [6.45, 7) is 4.78. The van der Waals surface area contributed by atoms with E-state index in [-0.39, 0.29) is 6.17 Å². The van der Waals surface area contributed by atoms with Crippen LogP contribution in [0.2, 0.25) is 0 Å². The maximum absolute atomic E-state index is 11.3. The number of hydrogen-bond donors (Lipinski definition) is 4. The third-order valence-electron chi connectivity index (χ3n) is 4.82. The van der Waals surface area contributed by atoms with Gasteiger partial charge in [0, 0.05) is 17.8 Å². The molecule has 6 N–H and O–H groups in total. The Balaban J connectivity index is 1.67. The minimum atomic E-state index is -1.45. The summed E-state index contributed by atoms with van der Waals surface area (Å²) in [5, 5.41) is 11.9. The minimum Gasteiger partial charge on any atom is -0.593 e. The molecule has 1 heterocycles. The van der Waals surface area contributed by atoms with Crippen LogP contribution in [-0.2, 0) is 17.8 Å². The van der Waals surface area contributed by atoms with Crippen molar-refractivity contribution in [3.8, 4) is 5.75 Å². The topological polar surface area (TPSA) is 121 Å². The molecule has 0 fully saturated rings. The second-order valence-electron chi connectivity index (χ2n) is 6.95. The Morgan fingerprint density at radius 2 is 1.93 bits per heavy atom. The molecule has 7 nitrogen and oxygen atoms in total. The summed E-state index contributed by atoms with van der Waals surface area (Å²) in [6, 6.07) is 11.6. The summed E-state index contributed by atoms with van der Waals surface area (Å²) in [5.41, 5.74) is 11.3. The van der Waals surface area contributed by atoms with Crippen LogP contribution in [0.1, 0.15) is 22.3 Å². The molecule has 2 unspecified atom stereocenters. The number of nitrogens with two attached hydrogens (primary N) is 2. The maximum Gasteiger partial charge on any atom is 0.195 e. The van der Waals surface area contributed by atoms with E-state index in [1.54, 1.807) is 19.2 Å². The molecule has 0 saturated heterocycles. The van der Waals surface area contributed by atoms with Gasteiger partial charge >= 0.3 is 0 Å². The van der Waals surface area contributed by atoms with Gasteiger partial charge in [0.25, 0.3) is 0 Å². The van der Waals surface area contributed by atoms with Crippen molar-refractivity contribution in [2.75, 3.05) is 13.7 Å². The quantitative estimate of drug-likeness (QED) is 0.513. The molecule has 29 heavy (non-hydrogen) atoms. The summed E-state index contributed by atoms with van der Waals surface area (Å²) in [5.74, 6) is 1.24. The van der Waals surface area contributed by atoms with Gasteiger partial charge in [-0.05, 0) is 67.3 Å². The van der Waals surface area contributed by atoms with Gasteiger partial charge in [-0.2, -0.15) is 0 Å². The third-order valence-corrected chi connectivity index (χ3v) is 5.56. The van der Waals surface area contributed by atoms with Crippen molar-refractivity contribution in [3.63, 3.8) is 0 Å². The van der Waals surface area contributed by atoms with Crippen LogP contribution in [0.25, 0.3) is 5.70 Å². The Bertz CT molecular complexity index is 925. The lowest BCUT2D eigenvalue weighted by atomic mass is 10.0. The first-order valence-electron chi connectivity index (χ1n) is 9.33. The average Bonchev–Trinajstić information content (AvgIpc) is 2.69. The first-order valence-corrected chi connectivity index (χ1v) is 10.5. The molecular formula is C21H27N5O2S. The number of aryl methyl sites for hydroxylation is 2. The number of guanidine groups is 1. The number of ether oxygens (including phenoxy) is 1. The summed E-state index contributed by atoms with van der Waals surface area (Å²) < 4.78 is 16.7. The molecule has 0 spiro atoms. The van der Waals surface area contributed by atoms with Gasteiger partial charge in [0.15, 0.2) is 10.9 Å². The van der Waals surface area contributed by atoms with Gasteiger partial charge in [0.1, 0.15) is 11.9 Å². The van der Waals surface area contributed by atoms with E-state index in [4.69, 9.17) is 15.6 Å². The lowest BCUT2D eigenvalue weighted by molar-refractivity contribution is 0.411. The Morgan fingerprint density at radius 3 is 2.59 bits per heavy atom. The molecule has 0 aromatic heterocycles. The minimum absolute atomic E-state index is 0.219. The van der Waals surface area contributed by atoms with Gasteiger partial charge < -0.3 is 20.3 Å². The van der Waals surface area contributed by atoms with Gasteiger partial charge in [-0.1, -0.05) is 12.1 Å². The summed E-state index contributed by atoms with van der Waals surface area (Å²) in [4.78, 5) is 5.05. The summed E-state index contributed by atoms with van der Waals surface area (Å²) in [6.07, 6.45) is 2.62. The van der Waals surface area contributed by atoms with E-state index < -0.39 is 11.4 Å². The highest BCUT2D eigenvalue weighted by atomic mass is 32.2. The van der Waals surface area contributed by atoms with E-state index in [1.165, 1.54) is 0 Å². The van der Waals surface area contributed by atoms with Crippen LogP contribution in [-0.4, -0.2) is 30.3 Å². The van der Waals surface area contributed by atoms with Crippen molar-refractivity contribution in [1.29, 1.82) is 0 Å². The van der Waals surface area contributed by atoms with Crippen molar-refractivity contribution in [2.45, 2.75) is 31.3 Å². The van der Waals surface area contributed by atoms with Crippen LogP contribution in [0.15, 0.2) is 52.4 Å². The Morgan fingerprint density at radius 1 is 1.21 bits per heavy atom. The number of hydrogen-bond acceptors (Lipinski definition) is 7. The molecule has 1 aliphatic heterocycles. The molecule has 154 valence electrons. The van der Waals surface area contributed by atoms with E-state index in [1.807, 2.05) is 38.1 Å². The van der Waals surface area contributed by atoms with Crippen molar-refractivity contribution >= 4 is 23.0 Å². The second-order valence-corrected chi connectivity index (χ2v) is 8.01. The first-order chi connectivity index (χ1) is 13.9. The van der Waals surface area contributed by atoms with Gasteiger partial charge in [-0.25, -0.2) is 4.99 Å². The largest absolute Gasteiger partial charge is 0.593 e. The van der Waals surface area contributed by atoms with Crippen molar-refractivity contribution in [2.24, 2.45) is 15.9 Å². The Hall–Kier alpha value is -2.52. The van der Waals surface area contributed by atoms with Crippen LogP contribution < -0.4 is 26.2 Å². The molecule has 0 amide bonds. The lowest BCUT2D eigenvalue weighted by Crippen LogP contribution is -2.40. The monoisotopic (exact) mass is 413 g/mol. The highest BCUT2D eigenvalue weighted by Gasteiger charge is 2.17. The molecule has 0 bridgehead atoms. The van der Waals surface area contributed by atoms with E-state index in [9.17, 15) is 4.55 Å². The average molecular weight is 414 g/mol. The number of benzene rings is 2. The van der Waals surface area contributed by atoms with Gasteiger partial charge in [-0.15, -0.1) is 5.14 Å². The molecule has 1 aliphatic rings.